The molecule has 1 atom stereocenters. The van der Waals surface area contributed by atoms with Gasteiger partial charge in [0, 0.05) is 19.7 Å². The van der Waals surface area contributed by atoms with Crippen LogP contribution >= 0.6 is 0 Å². The molecule has 1 rings (SSSR count). The fourth-order valence-corrected chi connectivity index (χ4v) is 2.31. The summed E-state index contributed by atoms with van der Waals surface area (Å²) in [6.45, 7) is 7.73. The Kier molecular flexibility index (Phi) is 6.26. The van der Waals surface area contributed by atoms with E-state index in [1.165, 1.54) is 4.90 Å². The molecule has 0 aromatic carbocycles. The second-order valence-electron chi connectivity index (χ2n) is 5.89. The van der Waals surface area contributed by atoms with Crippen molar-refractivity contribution in [2.24, 2.45) is 5.92 Å². The van der Waals surface area contributed by atoms with E-state index in [1.54, 1.807) is 6.92 Å². The molecule has 1 fully saturated rings. The zero-order chi connectivity index (χ0) is 15.2. The second-order valence-corrected chi connectivity index (χ2v) is 5.89. The van der Waals surface area contributed by atoms with E-state index in [4.69, 9.17) is 4.74 Å². The molecule has 0 aromatic rings. The standard InChI is InChI=1S/C14H26N2O4/c1-11(2)10-20-9-7-15-13(19)16-8-5-4-6-14(16,3)12(17)18/h11H,4-10H2,1-3H3,(H,15,19)(H,17,18). The van der Waals surface area contributed by atoms with Gasteiger partial charge in [-0.05, 0) is 32.1 Å². The topological polar surface area (TPSA) is 78.9 Å². The lowest BCUT2D eigenvalue weighted by molar-refractivity contribution is -0.150. The lowest BCUT2D eigenvalue weighted by atomic mass is 9.89. The molecule has 1 heterocycles. The smallest absolute Gasteiger partial charge is 0.329 e. The van der Waals surface area contributed by atoms with E-state index in [2.05, 4.69) is 19.2 Å². The van der Waals surface area contributed by atoms with Crippen molar-refractivity contribution in [3.63, 3.8) is 0 Å². The zero-order valence-corrected chi connectivity index (χ0v) is 12.6. The van der Waals surface area contributed by atoms with Gasteiger partial charge in [-0.25, -0.2) is 9.59 Å². The summed E-state index contributed by atoms with van der Waals surface area (Å²) in [5, 5.41) is 12.1. The number of nitrogens with one attached hydrogen (secondary N) is 1. The van der Waals surface area contributed by atoms with Crippen LogP contribution in [-0.2, 0) is 9.53 Å². The molecule has 1 unspecified atom stereocenters. The Balaban J connectivity index is 2.42. The molecule has 2 amide bonds. The molecule has 0 aromatic heterocycles. The molecule has 6 nitrogen and oxygen atoms in total. The summed E-state index contributed by atoms with van der Waals surface area (Å²) in [6.07, 6.45) is 2.18. The molecule has 0 spiro atoms. The summed E-state index contributed by atoms with van der Waals surface area (Å²) >= 11 is 0. The van der Waals surface area contributed by atoms with Gasteiger partial charge >= 0.3 is 12.0 Å². The van der Waals surface area contributed by atoms with Gasteiger partial charge in [-0.15, -0.1) is 0 Å². The van der Waals surface area contributed by atoms with Gasteiger partial charge < -0.3 is 20.1 Å². The molecule has 20 heavy (non-hydrogen) atoms. The summed E-state index contributed by atoms with van der Waals surface area (Å²) < 4.78 is 5.38. The van der Waals surface area contributed by atoms with Gasteiger partial charge in [-0.3, -0.25) is 0 Å². The number of nitrogens with zero attached hydrogens (tertiary/aromatic N) is 1. The average molecular weight is 286 g/mol. The number of likely N-dealkylation sites (tertiary alicyclic amines) is 1. The number of urea groups is 1. The van der Waals surface area contributed by atoms with E-state index in [1.807, 2.05) is 0 Å². The quantitative estimate of drug-likeness (QED) is 0.728. The van der Waals surface area contributed by atoms with Gasteiger partial charge in [0.25, 0.3) is 0 Å². The minimum absolute atomic E-state index is 0.317. The van der Waals surface area contributed by atoms with Crippen molar-refractivity contribution in [2.75, 3.05) is 26.3 Å². The minimum Gasteiger partial charge on any atom is -0.480 e. The van der Waals surface area contributed by atoms with Crippen LogP contribution < -0.4 is 5.32 Å². The van der Waals surface area contributed by atoms with E-state index < -0.39 is 11.5 Å². The van der Waals surface area contributed by atoms with Gasteiger partial charge in [0.2, 0.25) is 0 Å². The van der Waals surface area contributed by atoms with Crippen LogP contribution in [-0.4, -0.2) is 53.8 Å². The van der Waals surface area contributed by atoms with Gasteiger partial charge in [0.05, 0.1) is 6.61 Å². The number of ether oxygens (including phenoxy) is 1. The summed E-state index contributed by atoms with van der Waals surface area (Å²) in [7, 11) is 0. The summed E-state index contributed by atoms with van der Waals surface area (Å²) in [5.74, 6) is -0.480. The van der Waals surface area contributed by atoms with Gasteiger partial charge in [0.15, 0.2) is 0 Å². The van der Waals surface area contributed by atoms with Crippen LogP contribution in [0.1, 0.15) is 40.0 Å². The first kappa shape index (κ1) is 16.8. The monoisotopic (exact) mass is 286 g/mol. The van der Waals surface area contributed by atoms with Gasteiger partial charge in [-0.2, -0.15) is 0 Å². The predicted molar refractivity (Wildman–Crippen MR) is 75.7 cm³/mol. The normalized spacial score (nSPS) is 22.9. The third-order valence-corrected chi connectivity index (χ3v) is 3.57. The highest BCUT2D eigenvalue weighted by molar-refractivity contribution is 5.86. The molecule has 116 valence electrons. The highest BCUT2D eigenvalue weighted by Gasteiger charge is 2.43. The van der Waals surface area contributed by atoms with Crippen LogP contribution in [0.25, 0.3) is 0 Å². The van der Waals surface area contributed by atoms with Crippen molar-refractivity contribution in [3.8, 4) is 0 Å². The van der Waals surface area contributed by atoms with Crippen LogP contribution in [0.4, 0.5) is 4.79 Å². The largest absolute Gasteiger partial charge is 0.480 e. The maximum Gasteiger partial charge on any atom is 0.329 e. The molecule has 0 saturated carbocycles. The number of piperidine rings is 1. The number of carboxylic acids is 1. The number of carboxylic acid groups (broad SMARTS) is 1. The summed E-state index contributed by atoms with van der Waals surface area (Å²) in [5.41, 5.74) is -1.10. The van der Waals surface area contributed by atoms with Crippen molar-refractivity contribution in [1.29, 1.82) is 0 Å². The molecule has 0 bridgehead atoms. The van der Waals surface area contributed by atoms with Gasteiger partial charge in [0.1, 0.15) is 5.54 Å². The van der Waals surface area contributed by atoms with Crippen LogP contribution in [0.3, 0.4) is 0 Å². The predicted octanol–water partition coefficient (Wildman–Crippen LogP) is 1.70. The Labute approximate surface area is 120 Å². The van der Waals surface area contributed by atoms with Crippen molar-refractivity contribution in [2.45, 2.75) is 45.6 Å². The number of amides is 2. The second kappa shape index (κ2) is 7.47. The third kappa shape index (κ3) is 4.37. The summed E-state index contributed by atoms with van der Waals surface area (Å²) in [6, 6.07) is -0.317. The number of hydrogen-bond acceptors (Lipinski definition) is 3. The highest BCUT2D eigenvalue weighted by atomic mass is 16.5. The van der Waals surface area contributed by atoms with Crippen molar-refractivity contribution in [3.05, 3.63) is 0 Å². The first-order valence-electron chi connectivity index (χ1n) is 7.24. The lowest BCUT2D eigenvalue weighted by Crippen LogP contribution is -2.60. The Hall–Kier alpha value is -1.30. The Morgan fingerprint density at radius 1 is 1.40 bits per heavy atom. The molecule has 1 aliphatic rings. The molecular weight excluding hydrogens is 260 g/mol. The van der Waals surface area contributed by atoms with Crippen molar-refractivity contribution < 1.29 is 19.4 Å². The molecule has 0 radical (unpaired) electrons. The maximum absolute atomic E-state index is 12.1. The summed E-state index contributed by atoms with van der Waals surface area (Å²) in [4.78, 5) is 24.9. The SMILES string of the molecule is CC(C)COCCNC(=O)N1CCCCC1(C)C(=O)O. The van der Waals surface area contributed by atoms with Crippen molar-refractivity contribution in [1.82, 2.24) is 10.2 Å². The highest BCUT2D eigenvalue weighted by Crippen LogP contribution is 2.28. The fourth-order valence-electron chi connectivity index (χ4n) is 2.31. The fraction of sp³-hybridized carbons (Fsp3) is 0.857. The molecule has 1 saturated heterocycles. The molecule has 0 aliphatic carbocycles. The van der Waals surface area contributed by atoms with E-state index in [-0.39, 0.29) is 6.03 Å². The van der Waals surface area contributed by atoms with E-state index in [9.17, 15) is 14.7 Å². The first-order valence-corrected chi connectivity index (χ1v) is 7.24. The van der Waals surface area contributed by atoms with Gasteiger partial charge in [-0.1, -0.05) is 13.8 Å². The Morgan fingerprint density at radius 2 is 2.10 bits per heavy atom. The molecular formula is C14H26N2O4. The van der Waals surface area contributed by atoms with E-state index in [0.717, 1.165) is 12.8 Å². The lowest BCUT2D eigenvalue weighted by Gasteiger charge is -2.41. The first-order chi connectivity index (χ1) is 9.38. The minimum atomic E-state index is -1.10. The number of rotatable bonds is 6. The van der Waals surface area contributed by atoms with Crippen LogP contribution in [0.2, 0.25) is 0 Å². The van der Waals surface area contributed by atoms with Crippen molar-refractivity contribution >= 4 is 12.0 Å². The van der Waals surface area contributed by atoms with Crippen LogP contribution in [0.5, 0.6) is 0 Å². The Morgan fingerprint density at radius 3 is 2.70 bits per heavy atom. The molecule has 6 heteroatoms. The average Bonchev–Trinajstić information content (AvgIpc) is 2.38. The Bertz CT molecular complexity index is 346. The molecule has 2 N–H and O–H groups in total. The molecule has 1 aliphatic heterocycles. The third-order valence-electron chi connectivity index (χ3n) is 3.57. The van der Waals surface area contributed by atoms with Crippen LogP contribution in [0.15, 0.2) is 0 Å². The maximum atomic E-state index is 12.1. The number of carbonyl (C=O) groups excluding carboxylic acids is 1. The number of hydrogen-bond donors (Lipinski definition) is 2. The van der Waals surface area contributed by atoms with E-state index >= 15 is 0 Å². The van der Waals surface area contributed by atoms with E-state index in [0.29, 0.717) is 38.6 Å². The zero-order valence-electron chi connectivity index (χ0n) is 12.6. The number of aliphatic carboxylic acids is 1. The number of carbonyl (C=O) groups is 2. The van der Waals surface area contributed by atoms with Crippen LogP contribution in [0, 0.1) is 5.92 Å².